The highest BCUT2D eigenvalue weighted by molar-refractivity contribution is 5.26. The van der Waals surface area contributed by atoms with Gasteiger partial charge in [-0.3, -0.25) is 0 Å². The number of benzene rings is 2. The van der Waals surface area contributed by atoms with Crippen LogP contribution in [-0.2, 0) is 6.42 Å². The topological polar surface area (TPSA) is 3.24 Å². The summed E-state index contributed by atoms with van der Waals surface area (Å²) in [7, 11) is 4.29. The number of nitrogens with zero attached hydrogens (tertiary/aromatic N) is 1. The van der Waals surface area contributed by atoms with Crippen molar-refractivity contribution in [1.82, 2.24) is 4.90 Å². The van der Waals surface area contributed by atoms with Gasteiger partial charge in [-0.2, -0.15) is 0 Å². The summed E-state index contributed by atoms with van der Waals surface area (Å²) in [6.07, 6.45) is 1.05. The van der Waals surface area contributed by atoms with E-state index in [2.05, 4.69) is 80.5 Å². The molecule has 1 atom stereocenters. The quantitative estimate of drug-likeness (QED) is 0.783. The number of hydrogen-bond donors (Lipinski definition) is 0. The molecule has 0 saturated carbocycles. The molecule has 0 aliphatic heterocycles. The molecule has 18 heavy (non-hydrogen) atoms. The standard InChI is InChI=1S/C17H21N/c1-14-9-11-16(12-10-14)17(18(2)3)13-15-7-5-4-6-8-15/h4-12,17H,13H2,1-3H3/t17-/m1/s1. The molecule has 2 rings (SSSR count). The van der Waals surface area contributed by atoms with Gasteiger partial charge < -0.3 is 4.90 Å². The second kappa shape index (κ2) is 5.83. The van der Waals surface area contributed by atoms with Crippen molar-refractivity contribution in [3.63, 3.8) is 0 Å². The smallest absolute Gasteiger partial charge is 0.0382 e. The van der Waals surface area contributed by atoms with Crippen LogP contribution in [0.4, 0.5) is 0 Å². The summed E-state index contributed by atoms with van der Waals surface area (Å²) in [4.78, 5) is 2.29. The van der Waals surface area contributed by atoms with Gasteiger partial charge in [0.1, 0.15) is 0 Å². The van der Waals surface area contributed by atoms with Crippen molar-refractivity contribution in [2.45, 2.75) is 19.4 Å². The molecule has 0 aliphatic carbocycles. The Morgan fingerprint density at radius 1 is 0.889 bits per heavy atom. The highest BCUT2D eigenvalue weighted by Gasteiger charge is 2.14. The van der Waals surface area contributed by atoms with Crippen LogP contribution in [0.25, 0.3) is 0 Å². The van der Waals surface area contributed by atoms with E-state index in [9.17, 15) is 0 Å². The maximum atomic E-state index is 2.29. The molecule has 1 nitrogen and oxygen atoms in total. The maximum absolute atomic E-state index is 2.29. The molecule has 0 amide bonds. The van der Waals surface area contributed by atoms with E-state index in [-0.39, 0.29) is 0 Å². The largest absolute Gasteiger partial charge is 0.302 e. The van der Waals surface area contributed by atoms with Crippen LogP contribution in [0.1, 0.15) is 22.7 Å². The summed E-state index contributed by atoms with van der Waals surface area (Å²) in [6, 6.07) is 20.0. The molecule has 0 heterocycles. The highest BCUT2D eigenvalue weighted by Crippen LogP contribution is 2.23. The van der Waals surface area contributed by atoms with E-state index in [1.54, 1.807) is 0 Å². The van der Waals surface area contributed by atoms with E-state index in [1.165, 1.54) is 16.7 Å². The van der Waals surface area contributed by atoms with Gasteiger partial charge in [-0.25, -0.2) is 0 Å². The van der Waals surface area contributed by atoms with E-state index in [1.807, 2.05) is 0 Å². The molecular formula is C17H21N. The van der Waals surface area contributed by atoms with Crippen LogP contribution in [-0.4, -0.2) is 19.0 Å². The zero-order valence-corrected chi connectivity index (χ0v) is 11.4. The minimum absolute atomic E-state index is 0.438. The Hall–Kier alpha value is -1.60. The van der Waals surface area contributed by atoms with Crippen molar-refractivity contribution in [2.75, 3.05) is 14.1 Å². The lowest BCUT2D eigenvalue weighted by Gasteiger charge is -2.25. The third-order valence-electron chi connectivity index (χ3n) is 3.36. The van der Waals surface area contributed by atoms with Crippen molar-refractivity contribution >= 4 is 0 Å². The van der Waals surface area contributed by atoms with Gasteiger partial charge in [-0.1, -0.05) is 60.2 Å². The molecule has 0 aliphatic rings. The van der Waals surface area contributed by atoms with Crippen LogP contribution in [0.3, 0.4) is 0 Å². The summed E-state index contributed by atoms with van der Waals surface area (Å²) in [5, 5.41) is 0. The second-order valence-corrected chi connectivity index (χ2v) is 5.08. The van der Waals surface area contributed by atoms with E-state index in [0.717, 1.165) is 6.42 Å². The predicted molar refractivity (Wildman–Crippen MR) is 77.8 cm³/mol. The normalized spacial score (nSPS) is 12.7. The van der Waals surface area contributed by atoms with Crippen molar-refractivity contribution < 1.29 is 0 Å². The Morgan fingerprint density at radius 3 is 2.06 bits per heavy atom. The molecule has 0 unspecified atom stereocenters. The Balaban J connectivity index is 2.21. The highest BCUT2D eigenvalue weighted by atomic mass is 15.1. The molecule has 2 aromatic rings. The number of aryl methyl sites for hydroxylation is 1. The average molecular weight is 239 g/mol. The van der Waals surface area contributed by atoms with Gasteiger partial charge in [0.15, 0.2) is 0 Å². The fraction of sp³-hybridized carbons (Fsp3) is 0.294. The third kappa shape index (κ3) is 3.21. The first kappa shape index (κ1) is 12.8. The van der Waals surface area contributed by atoms with Crippen molar-refractivity contribution in [2.24, 2.45) is 0 Å². The first-order valence-corrected chi connectivity index (χ1v) is 6.44. The van der Waals surface area contributed by atoms with Crippen LogP contribution in [0.15, 0.2) is 54.6 Å². The van der Waals surface area contributed by atoms with Crippen LogP contribution < -0.4 is 0 Å². The van der Waals surface area contributed by atoms with Gasteiger partial charge in [0, 0.05) is 6.04 Å². The monoisotopic (exact) mass is 239 g/mol. The summed E-state index contributed by atoms with van der Waals surface area (Å²) >= 11 is 0. The lowest BCUT2D eigenvalue weighted by molar-refractivity contribution is 0.297. The first-order valence-electron chi connectivity index (χ1n) is 6.44. The molecule has 2 aromatic carbocycles. The fourth-order valence-electron chi connectivity index (χ4n) is 2.22. The molecule has 94 valence electrons. The molecule has 0 radical (unpaired) electrons. The van der Waals surface area contributed by atoms with Gasteiger partial charge in [0.25, 0.3) is 0 Å². The lowest BCUT2D eigenvalue weighted by Crippen LogP contribution is -2.22. The molecule has 0 bridgehead atoms. The second-order valence-electron chi connectivity index (χ2n) is 5.08. The van der Waals surface area contributed by atoms with Gasteiger partial charge in [0.05, 0.1) is 0 Å². The van der Waals surface area contributed by atoms with E-state index in [0.29, 0.717) is 6.04 Å². The SMILES string of the molecule is Cc1ccc([C@@H](Cc2ccccc2)N(C)C)cc1. The van der Waals surface area contributed by atoms with Crippen LogP contribution in [0.5, 0.6) is 0 Å². The van der Waals surface area contributed by atoms with Crippen molar-refractivity contribution in [1.29, 1.82) is 0 Å². The first-order chi connectivity index (χ1) is 8.66. The molecule has 0 saturated heterocycles. The van der Waals surface area contributed by atoms with Crippen molar-refractivity contribution in [3.8, 4) is 0 Å². The summed E-state index contributed by atoms with van der Waals surface area (Å²) in [6.45, 7) is 2.13. The van der Waals surface area contributed by atoms with Gasteiger partial charge >= 0.3 is 0 Å². The fourth-order valence-corrected chi connectivity index (χ4v) is 2.22. The molecule has 0 aromatic heterocycles. The summed E-state index contributed by atoms with van der Waals surface area (Å²) in [5.74, 6) is 0. The van der Waals surface area contributed by atoms with Crippen LogP contribution >= 0.6 is 0 Å². The van der Waals surface area contributed by atoms with E-state index in [4.69, 9.17) is 0 Å². The molecule has 0 fully saturated rings. The summed E-state index contributed by atoms with van der Waals surface area (Å²) in [5.41, 5.74) is 4.09. The zero-order chi connectivity index (χ0) is 13.0. The predicted octanol–water partition coefficient (Wildman–Crippen LogP) is 3.84. The number of hydrogen-bond acceptors (Lipinski definition) is 1. The third-order valence-corrected chi connectivity index (χ3v) is 3.36. The summed E-state index contributed by atoms with van der Waals surface area (Å²) < 4.78 is 0. The Morgan fingerprint density at radius 2 is 1.50 bits per heavy atom. The van der Waals surface area contributed by atoms with Gasteiger partial charge in [-0.15, -0.1) is 0 Å². The Labute approximate surface area is 110 Å². The zero-order valence-electron chi connectivity index (χ0n) is 11.4. The molecule has 0 spiro atoms. The van der Waals surface area contributed by atoms with Crippen LogP contribution in [0, 0.1) is 6.92 Å². The van der Waals surface area contributed by atoms with E-state index >= 15 is 0 Å². The number of rotatable bonds is 4. The van der Waals surface area contributed by atoms with Gasteiger partial charge in [-0.05, 0) is 38.6 Å². The minimum Gasteiger partial charge on any atom is -0.302 e. The Kier molecular flexibility index (Phi) is 4.16. The maximum Gasteiger partial charge on any atom is 0.0382 e. The average Bonchev–Trinajstić information content (AvgIpc) is 2.38. The molecule has 0 N–H and O–H groups in total. The van der Waals surface area contributed by atoms with Crippen molar-refractivity contribution in [3.05, 3.63) is 71.3 Å². The van der Waals surface area contributed by atoms with Gasteiger partial charge in [0.2, 0.25) is 0 Å². The minimum atomic E-state index is 0.438. The molecular weight excluding hydrogens is 218 g/mol. The molecule has 1 heteroatoms. The number of likely N-dealkylation sites (N-methyl/N-ethyl adjacent to an activating group) is 1. The van der Waals surface area contributed by atoms with Crippen LogP contribution in [0.2, 0.25) is 0 Å². The van der Waals surface area contributed by atoms with E-state index < -0.39 is 0 Å². The Bertz CT molecular complexity index is 471. The lowest BCUT2D eigenvalue weighted by atomic mass is 9.97.